The molecule has 4 aromatic rings. The van der Waals surface area contributed by atoms with Gasteiger partial charge >= 0.3 is 6.09 Å². The SMILES string of the molecule is N#CCOc1ccccc1/C=N\NC(=O)[C@H](Cc1c[nH]c2ccccc12)NC(=O)OCc1ccccc1. The molecule has 3 aromatic carbocycles. The molecule has 0 radical (unpaired) electrons. The van der Waals surface area contributed by atoms with Gasteiger partial charge in [-0.3, -0.25) is 4.79 Å². The number of para-hydroxylation sites is 2. The van der Waals surface area contributed by atoms with E-state index in [1.54, 1.807) is 24.3 Å². The van der Waals surface area contributed by atoms with E-state index in [2.05, 4.69) is 20.8 Å². The van der Waals surface area contributed by atoms with E-state index < -0.39 is 18.0 Å². The summed E-state index contributed by atoms with van der Waals surface area (Å²) < 4.78 is 10.7. The van der Waals surface area contributed by atoms with Gasteiger partial charge in [-0.1, -0.05) is 60.7 Å². The van der Waals surface area contributed by atoms with Crippen molar-refractivity contribution in [2.24, 2.45) is 5.10 Å². The topological polar surface area (TPSA) is 129 Å². The molecule has 1 aromatic heterocycles. The van der Waals surface area contributed by atoms with Crippen molar-refractivity contribution < 1.29 is 19.1 Å². The molecule has 0 aliphatic carbocycles. The maximum absolute atomic E-state index is 13.1. The molecule has 0 aliphatic rings. The number of alkyl carbamates (subject to hydrolysis) is 1. The predicted molar refractivity (Wildman–Crippen MR) is 139 cm³/mol. The Labute approximate surface area is 213 Å². The van der Waals surface area contributed by atoms with Gasteiger partial charge < -0.3 is 19.8 Å². The van der Waals surface area contributed by atoms with Crippen molar-refractivity contribution in [3.8, 4) is 11.8 Å². The van der Waals surface area contributed by atoms with E-state index in [1.165, 1.54) is 6.21 Å². The zero-order valence-corrected chi connectivity index (χ0v) is 19.9. The standard InChI is InChI=1S/C28H25N5O4/c29-14-15-36-26-13-7-4-10-21(26)18-31-33-27(34)25(16-22-17-30-24-12-6-5-11-23(22)24)32-28(35)37-19-20-8-2-1-3-9-20/h1-13,17-18,25,30H,15-16,19H2,(H,32,35)(H,33,34)/b31-18-/t25-/m0/s1. The van der Waals surface area contributed by atoms with E-state index in [0.717, 1.165) is 22.0 Å². The highest BCUT2D eigenvalue weighted by atomic mass is 16.5. The van der Waals surface area contributed by atoms with Gasteiger partial charge in [0.2, 0.25) is 0 Å². The molecule has 0 fully saturated rings. The van der Waals surface area contributed by atoms with Gasteiger partial charge in [0, 0.05) is 29.1 Å². The summed E-state index contributed by atoms with van der Waals surface area (Å²) in [6, 6.07) is 24.9. The first-order valence-corrected chi connectivity index (χ1v) is 11.6. The maximum atomic E-state index is 13.1. The van der Waals surface area contributed by atoms with E-state index in [-0.39, 0.29) is 19.6 Å². The van der Waals surface area contributed by atoms with Gasteiger partial charge in [0.05, 0.1) is 6.21 Å². The number of ether oxygens (including phenoxy) is 2. The number of nitrogens with one attached hydrogen (secondary N) is 3. The highest BCUT2D eigenvalue weighted by molar-refractivity contribution is 5.90. The lowest BCUT2D eigenvalue weighted by atomic mass is 10.0. The fourth-order valence-electron chi connectivity index (χ4n) is 3.71. The predicted octanol–water partition coefficient (Wildman–Crippen LogP) is 4.06. The van der Waals surface area contributed by atoms with Gasteiger partial charge in [-0.05, 0) is 29.3 Å². The van der Waals surface area contributed by atoms with Crippen LogP contribution in [0.5, 0.6) is 5.75 Å². The number of amides is 2. The van der Waals surface area contributed by atoms with Crippen LogP contribution in [0.3, 0.4) is 0 Å². The quantitative estimate of drug-likeness (QED) is 0.226. The number of nitriles is 1. The Balaban J connectivity index is 1.46. The van der Waals surface area contributed by atoms with Crippen LogP contribution in [-0.4, -0.2) is 35.8 Å². The van der Waals surface area contributed by atoms with Gasteiger partial charge in [0.15, 0.2) is 6.61 Å². The summed E-state index contributed by atoms with van der Waals surface area (Å²) in [5.41, 5.74) is 5.68. The second kappa shape index (κ2) is 12.6. The van der Waals surface area contributed by atoms with Crippen LogP contribution >= 0.6 is 0 Å². The summed E-state index contributed by atoms with van der Waals surface area (Å²) >= 11 is 0. The highest BCUT2D eigenvalue weighted by Crippen LogP contribution is 2.19. The summed E-state index contributed by atoms with van der Waals surface area (Å²) in [5, 5.41) is 16.4. The van der Waals surface area contributed by atoms with E-state index in [4.69, 9.17) is 14.7 Å². The number of H-pyrrole nitrogens is 1. The number of carbonyl (C=O) groups is 2. The molecule has 3 N–H and O–H groups in total. The molecule has 0 bridgehead atoms. The Morgan fingerprint density at radius 1 is 1.03 bits per heavy atom. The van der Waals surface area contributed by atoms with Crippen LogP contribution < -0.4 is 15.5 Å². The number of aromatic nitrogens is 1. The average molecular weight is 496 g/mol. The minimum atomic E-state index is -0.954. The number of hydrazone groups is 1. The molecule has 0 saturated carbocycles. The fourth-order valence-corrected chi connectivity index (χ4v) is 3.71. The largest absolute Gasteiger partial charge is 0.478 e. The smallest absolute Gasteiger partial charge is 0.408 e. The minimum absolute atomic E-state index is 0.0751. The van der Waals surface area contributed by atoms with Gasteiger partial charge in [-0.25, -0.2) is 10.2 Å². The van der Waals surface area contributed by atoms with Crippen molar-refractivity contribution in [3.63, 3.8) is 0 Å². The summed E-state index contributed by atoms with van der Waals surface area (Å²) in [6.07, 6.45) is 2.73. The van der Waals surface area contributed by atoms with Crippen LogP contribution in [0.2, 0.25) is 0 Å². The molecule has 186 valence electrons. The Hall–Kier alpha value is -5.10. The molecule has 1 heterocycles. The molecular weight excluding hydrogens is 470 g/mol. The molecule has 0 saturated heterocycles. The number of fused-ring (bicyclic) bond motifs is 1. The van der Waals surface area contributed by atoms with Crippen molar-refractivity contribution >= 4 is 29.1 Å². The number of hydrogen-bond acceptors (Lipinski definition) is 6. The third-order valence-corrected chi connectivity index (χ3v) is 5.51. The Morgan fingerprint density at radius 2 is 1.78 bits per heavy atom. The first kappa shape index (κ1) is 25.0. The third-order valence-electron chi connectivity index (χ3n) is 5.51. The molecule has 0 spiro atoms. The number of carbonyl (C=O) groups excluding carboxylic acids is 2. The second-order valence-corrected chi connectivity index (χ2v) is 8.04. The third kappa shape index (κ3) is 6.96. The lowest BCUT2D eigenvalue weighted by Gasteiger charge is -2.17. The zero-order chi connectivity index (χ0) is 25.9. The van der Waals surface area contributed by atoms with Crippen LogP contribution in [0.25, 0.3) is 10.9 Å². The molecule has 37 heavy (non-hydrogen) atoms. The lowest BCUT2D eigenvalue weighted by Crippen LogP contribution is -2.47. The monoisotopic (exact) mass is 495 g/mol. The maximum Gasteiger partial charge on any atom is 0.408 e. The highest BCUT2D eigenvalue weighted by Gasteiger charge is 2.23. The van der Waals surface area contributed by atoms with Gasteiger partial charge in [0.1, 0.15) is 24.5 Å². The summed E-state index contributed by atoms with van der Waals surface area (Å²) in [5.74, 6) is -0.0615. The van der Waals surface area contributed by atoms with Crippen molar-refractivity contribution in [2.45, 2.75) is 19.1 Å². The fraction of sp³-hybridized carbons (Fsp3) is 0.143. The van der Waals surface area contributed by atoms with Crippen LogP contribution in [0.1, 0.15) is 16.7 Å². The number of rotatable bonds is 10. The molecular formula is C28H25N5O4. The van der Waals surface area contributed by atoms with Crippen LogP contribution in [-0.2, 0) is 22.6 Å². The summed E-state index contributed by atoms with van der Waals surface area (Å²) in [4.78, 5) is 28.8. The minimum Gasteiger partial charge on any atom is -0.478 e. The normalized spacial score (nSPS) is 11.5. The van der Waals surface area contributed by atoms with Crippen molar-refractivity contribution in [1.82, 2.24) is 15.7 Å². The van der Waals surface area contributed by atoms with Crippen LogP contribution in [0.4, 0.5) is 4.79 Å². The summed E-state index contributed by atoms with van der Waals surface area (Å²) in [7, 11) is 0. The van der Waals surface area contributed by atoms with Gasteiger partial charge in [-0.15, -0.1) is 0 Å². The first-order chi connectivity index (χ1) is 18.1. The zero-order valence-electron chi connectivity index (χ0n) is 19.9. The van der Waals surface area contributed by atoms with Crippen molar-refractivity contribution in [3.05, 3.63) is 102 Å². The number of hydrogen-bond donors (Lipinski definition) is 3. The molecule has 9 nitrogen and oxygen atoms in total. The molecule has 4 rings (SSSR count). The van der Waals surface area contributed by atoms with Crippen molar-refractivity contribution in [2.75, 3.05) is 6.61 Å². The number of nitrogens with zero attached hydrogens (tertiary/aromatic N) is 2. The molecule has 2 amide bonds. The van der Waals surface area contributed by atoms with E-state index in [1.807, 2.05) is 66.9 Å². The van der Waals surface area contributed by atoms with E-state index >= 15 is 0 Å². The van der Waals surface area contributed by atoms with Gasteiger partial charge in [0.25, 0.3) is 5.91 Å². The Kier molecular flexibility index (Phi) is 8.49. The lowest BCUT2D eigenvalue weighted by molar-refractivity contribution is -0.123. The van der Waals surface area contributed by atoms with Gasteiger partial charge in [-0.2, -0.15) is 10.4 Å². The number of aromatic amines is 1. The molecule has 0 aliphatic heterocycles. The van der Waals surface area contributed by atoms with Crippen molar-refractivity contribution in [1.29, 1.82) is 5.26 Å². The Bertz CT molecular complexity index is 1430. The van der Waals surface area contributed by atoms with E-state index in [9.17, 15) is 9.59 Å². The van der Waals surface area contributed by atoms with Crippen LogP contribution in [0.15, 0.2) is 90.2 Å². The number of benzene rings is 3. The first-order valence-electron chi connectivity index (χ1n) is 11.6. The molecule has 0 unspecified atom stereocenters. The summed E-state index contributed by atoms with van der Waals surface area (Å²) in [6.45, 7) is -0.0371. The second-order valence-electron chi connectivity index (χ2n) is 8.04. The average Bonchev–Trinajstić information content (AvgIpc) is 3.34. The van der Waals surface area contributed by atoms with Crippen LogP contribution in [0, 0.1) is 11.3 Å². The Morgan fingerprint density at radius 3 is 2.62 bits per heavy atom. The van der Waals surface area contributed by atoms with E-state index in [0.29, 0.717) is 11.3 Å². The molecule has 1 atom stereocenters. The molecule has 9 heteroatoms.